The molecule has 0 spiro atoms. The molecule has 7 heteroatoms. The van der Waals surface area contributed by atoms with Crippen LogP contribution in [0.4, 0.5) is 5.69 Å². The molecule has 1 aliphatic heterocycles. The summed E-state index contributed by atoms with van der Waals surface area (Å²) in [7, 11) is 1.99. The Bertz CT molecular complexity index is 1310. The van der Waals surface area contributed by atoms with Gasteiger partial charge in [0.15, 0.2) is 0 Å². The van der Waals surface area contributed by atoms with Crippen LogP contribution in [0.15, 0.2) is 60.8 Å². The first-order valence-electron chi connectivity index (χ1n) is 10.6. The van der Waals surface area contributed by atoms with E-state index in [1.165, 1.54) is 5.69 Å². The maximum atomic E-state index is 11.8. The second-order valence-corrected chi connectivity index (χ2v) is 8.41. The molecule has 0 atom stereocenters. The summed E-state index contributed by atoms with van der Waals surface area (Å²) in [5.74, 6) is -0.460. The first kappa shape index (κ1) is 20.5. The van der Waals surface area contributed by atoms with Crippen LogP contribution >= 0.6 is 11.6 Å². The molecule has 6 nitrogen and oxygen atoms in total. The number of hydrogen-bond acceptors (Lipinski definition) is 4. The number of aryl methyl sites for hydroxylation is 1. The Balaban J connectivity index is 1.70. The van der Waals surface area contributed by atoms with Crippen LogP contribution in [0.1, 0.15) is 10.4 Å². The van der Waals surface area contributed by atoms with E-state index >= 15 is 0 Å². The van der Waals surface area contributed by atoms with E-state index in [4.69, 9.17) is 17.3 Å². The van der Waals surface area contributed by atoms with Gasteiger partial charge >= 0.3 is 0 Å². The minimum absolute atomic E-state index is 0.458. The van der Waals surface area contributed by atoms with Gasteiger partial charge in [-0.2, -0.15) is 0 Å². The second-order valence-electron chi connectivity index (χ2n) is 8.00. The molecule has 0 saturated carbocycles. The lowest BCUT2D eigenvalue weighted by atomic mass is 9.97. The fourth-order valence-corrected chi connectivity index (χ4v) is 4.74. The normalized spacial score (nSPS) is 14.1. The molecule has 2 aromatic heterocycles. The maximum Gasteiger partial charge on any atom is 0.248 e. The van der Waals surface area contributed by atoms with Gasteiger partial charge in [-0.25, -0.2) is 4.98 Å². The van der Waals surface area contributed by atoms with Crippen LogP contribution in [0.3, 0.4) is 0 Å². The Labute approximate surface area is 191 Å². The lowest BCUT2D eigenvalue weighted by Crippen LogP contribution is -2.43. The van der Waals surface area contributed by atoms with Gasteiger partial charge in [0.25, 0.3) is 0 Å². The van der Waals surface area contributed by atoms with Gasteiger partial charge in [0, 0.05) is 61.6 Å². The smallest absolute Gasteiger partial charge is 0.248 e. The summed E-state index contributed by atoms with van der Waals surface area (Å²) < 4.78 is 2.06. The quantitative estimate of drug-likeness (QED) is 0.496. The number of benzene rings is 2. The number of hydrogen-bond donors (Lipinski definition) is 2. The Morgan fingerprint density at radius 1 is 1.06 bits per heavy atom. The molecule has 3 heterocycles. The number of primary amides is 1. The third kappa shape index (κ3) is 3.51. The number of nitrogens with two attached hydrogens (primary N) is 1. The number of halogens is 1. The van der Waals surface area contributed by atoms with E-state index in [0.717, 1.165) is 59.6 Å². The predicted molar refractivity (Wildman–Crippen MR) is 130 cm³/mol. The molecule has 0 aliphatic carbocycles. The number of carbonyl (C=O) groups excluding carboxylic acids is 1. The van der Waals surface area contributed by atoms with E-state index in [2.05, 4.69) is 44.0 Å². The zero-order valence-electron chi connectivity index (χ0n) is 17.8. The number of piperazine rings is 1. The van der Waals surface area contributed by atoms with Crippen LogP contribution in [-0.2, 0) is 7.05 Å². The van der Waals surface area contributed by atoms with Gasteiger partial charge in [-0.3, -0.25) is 4.79 Å². The Kier molecular flexibility index (Phi) is 5.33. The molecule has 1 saturated heterocycles. The lowest BCUT2D eigenvalue weighted by Gasteiger charge is -2.29. The number of nitrogens with one attached hydrogen (secondary N) is 1. The summed E-state index contributed by atoms with van der Waals surface area (Å²) in [6.45, 7) is 3.99. The number of amides is 1. The number of rotatable bonds is 4. The first-order valence-corrected chi connectivity index (χ1v) is 11.0. The van der Waals surface area contributed by atoms with Crippen molar-refractivity contribution in [3.63, 3.8) is 0 Å². The van der Waals surface area contributed by atoms with Crippen molar-refractivity contribution >= 4 is 34.2 Å². The van der Waals surface area contributed by atoms with Gasteiger partial charge in [0.2, 0.25) is 5.91 Å². The Hall–Kier alpha value is -3.35. The molecule has 162 valence electrons. The van der Waals surface area contributed by atoms with Gasteiger partial charge < -0.3 is 20.5 Å². The van der Waals surface area contributed by atoms with Gasteiger partial charge in [-0.15, -0.1) is 0 Å². The van der Waals surface area contributed by atoms with E-state index in [1.54, 1.807) is 18.3 Å². The number of pyridine rings is 1. The summed E-state index contributed by atoms with van der Waals surface area (Å²) in [6, 6.07) is 17.8. The third-order valence-corrected chi connectivity index (χ3v) is 6.39. The standard InChI is InChI=1S/C25H24ClN5O/c1-30-23(16-5-7-19(8-6-16)31-13-11-28-12-14-31)21(22-20(26)9-10-29-25(22)30)17-3-2-4-18(15-17)24(27)32/h2-10,15,28H,11-14H2,1H3,(H2,27,32). The van der Waals surface area contributed by atoms with Crippen LogP contribution in [0.5, 0.6) is 0 Å². The fraction of sp³-hybridized carbons (Fsp3) is 0.200. The van der Waals surface area contributed by atoms with Crippen molar-refractivity contribution in [3.8, 4) is 22.4 Å². The molecule has 1 amide bonds. The van der Waals surface area contributed by atoms with E-state index in [1.807, 2.05) is 25.2 Å². The zero-order valence-corrected chi connectivity index (χ0v) is 18.6. The van der Waals surface area contributed by atoms with Crippen molar-refractivity contribution in [1.29, 1.82) is 0 Å². The molecule has 0 bridgehead atoms. The van der Waals surface area contributed by atoms with Crippen molar-refractivity contribution < 1.29 is 4.79 Å². The molecule has 32 heavy (non-hydrogen) atoms. The second kappa shape index (κ2) is 8.30. The van der Waals surface area contributed by atoms with Crippen molar-refractivity contribution in [1.82, 2.24) is 14.9 Å². The third-order valence-electron chi connectivity index (χ3n) is 6.08. The van der Waals surface area contributed by atoms with Gasteiger partial charge in [0.05, 0.1) is 10.7 Å². The summed E-state index contributed by atoms with van der Waals surface area (Å²) in [6.07, 6.45) is 1.71. The van der Waals surface area contributed by atoms with Gasteiger partial charge in [-0.05, 0) is 41.5 Å². The minimum Gasteiger partial charge on any atom is -0.369 e. The highest BCUT2D eigenvalue weighted by atomic mass is 35.5. The summed E-state index contributed by atoms with van der Waals surface area (Å²) >= 11 is 6.66. The maximum absolute atomic E-state index is 11.8. The first-order chi connectivity index (χ1) is 15.5. The average Bonchev–Trinajstić information content (AvgIpc) is 3.13. The van der Waals surface area contributed by atoms with E-state index in [0.29, 0.717) is 10.6 Å². The molecular formula is C25H24ClN5O. The number of nitrogens with zero attached hydrogens (tertiary/aromatic N) is 3. The average molecular weight is 446 g/mol. The highest BCUT2D eigenvalue weighted by Gasteiger charge is 2.22. The van der Waals surface area contributed by atoms with Crippen LogP contribution in [0.2, 0.25) is 5.02 Å². The topological polar surface area (TPSA) is 76.2 Å². The van der Waals surface area contributed by atoms with Crippen LogP contribution in [0, 0.1) is 0 Å². The summed E-state index contributed by atoms with van der Waals surface area (Å²) in [5, 5.41) is 4.87. The largest absolute Gasteiger partial charge is 0.369 e. The van der Waals surface area contributed by atoms with Gasteiger partial charge in [-0.1, -0.05) is 35.9 Å². The molecular weight excluding hydrogens is 422 g/mol. The molecule has 3 N–H and O–H groups in total. The minimum atomic E-state index is -0.460. The summed E-state index contributed by atoms with van der Waals surface area (Å²) in [5.41, 5.74) is 11.9. The number of fused-ring (bicyclic) bond motifs is 1. The van der Waals surface area contributed by atoms with E-state index in [9.17, 15) is 4.79 Å². The van der Waals surface area contributed by atoms with Crippen molar-refractivity contribution in [3.05, 3.63) is 71.4 Å². The van der Waals surface area contributed by atoms with Crippen LogP contribution in [-0.4, -0.2) is 41.6 Å². The number of carbonyl (C=O) groups is 1. The number of aromatic nitrogens is 2. The molecule has 5 rings (SSSR count). The Morgan fingerprint density at radius 3 is 2.53 bits per heavy atom. The summed E-state index contributed by atoms with van der Waals surface area (Å²) in [4.78, 5) is 18.8. The van der Waals surface area contributed by atoms with Gasteiger partial charge in [0.1, 0.15) is 5.65 Å². The van der Waals surface area contributed by atoms with E-state index in [-0.39, 0.29) is 0 Å². The molecule has 4 aromatic rings. The van der Waals surface area contributed by atoms with Crippen molar-refractivity contribution in [2.75, 3.05) is 31.1 Å². The van der Waals surface area contributed by atoms with Crippen LogP contribution < -0.4 is 16.0 Å². The SMILES string of the molecule is Cn1c(-c2ccc(N3CCNCC3)cc2)c(-c2cccc(C(N)=O)c2)c2c(Cl)ccnc21. The molecule has 1 fully saturated rings. The molecule has 0 radical (unpaired) electrons. The number of anilines is 1. The Morgan fingerprint density at radius 2 is 1.81 bits per heavy atom. The van der Waals surface area contributed by atoms with Crippen LogP contribution in [0.25, 0.3) is 33.4 Å². The zero-order chi connectivity index (χ0) is 22.2. The highest BCUT2D eigenvalue weighted by molar-refractivity contribution is 6.37. The van der Waals surface area contributed by atoms with Crippen molar-refractivity contribution in [2.45, 2.75) is 0 Å². The molecule has 1 aliphatic rings. The molecule has 2 aromatic carbocycles. The lowest BCUT2D eigenvalue weighted by molar-refractivity contribution is 0.100. The predicted octanol–water partition coefficient (Wildman–Crippen LogP) is 4.07. The highest BCUT2D eigenvalue weighted by Crippen LogP contribution is 2.43. The van der Waals surface area contributed by atoms with Crippen molar-refractivity contribution in [2.24, 2.45) is 12.8 Å². The monoisotopic (exact) mass is 445 g/mol. The van der Waals surface area contributed by atoms with E-state index < -0.39 is 5.91 Å². The molecule has 0 unspecified atom stereocenters. The fourth-order valence-electron chi connectivity index (χ4n) is 4.51.